The number of aliphatic carboxylic acids is 1. The van der Waals surface area contributed by atoms with Gasteiger partial charge in [-0.1, -0.05) is 37.3 Å². The lowest BCUT2D eigenvalue weighted by atomic mass is 9.75. The third kappa shape index (κ3) is 3.47. The number of nitrogens with zero attached hydrogens (tertiary/aromatic N) is 1. The fourth-order valence-corrected chi connectivity index (χ4v) is 4.35. The summed E-state index contributed by atoms with van der Waals surface area (Å²) in [6, 6.07) is 10.5. The minimum Gasteiger partial charge on any atom is -0.481 e. The summed E-state index contributed by atoms with van der Waals surface area (Å²) < 4.78 is 0. The highest BCUT2D eigenvalue weighted by atomic mass is 16.4. The molecule has 1 aliphatic heterocycles. The van der Waals surface area contributed by atoms with Gasteiger partial charge in [-0.2, -0.15) is 0 Å². The maximum atomic E-state index is 12.9. The molecule has 1 atom stereocenters. The number of hydrogen-bond donors (Lipinski definition) is 1. The van der Waals surface area contributed by atoms with Gasteiger partial charge >= 0.3 is 5.97 Å². The number of benzene rings is 1. The molecule has 1 saturated heterocycles. The van der Waals surface area contributed by atoms with Gasteiger partial charge in [0.2, 0.25) is 5.91 Å². The largest absolute Gasteiger partial charge is 0.481 e. The number of carboxylic acid groups (broad SMARTS) is 1. The number of likely N-dealkylation sites (tertiary alicyclic amines) is 1. The standard InChI is InChI=1S/C20H27NO3/c1-20(17-6-3-2-4-7-17)12-5-13-21(14-20)18(22)15-8-10-16(11-9-15)19(23)24/h2-4,6-7,15-16H,5,8-14H2,1H3,(H,23,24). The lowest BCUT2D eigenvalue weighted by molar-refractivity contribution is -0.146. The number of piperidine rings is 1. The van der Waals surface area contributed by atoms with E-state index in [0.717, 1.165) is 25.9 Å². The first-order chi connectivity index (χ1) is 11.5. The highest BCUT2D eigenvalue weighted by molar-refractivity contribution is 5.79. The van der Waals surface area contributed by atoms with E-state index in [1.165, 1.54) is 5.56 Å². The van der Waals surface area contributed by atoms with E-state index in [1.807, 2.05) is 11.0 Å². The summed E-state index contributed by atoms with van der Waals surface area (Å²) in [7, 11) is 0. The number of hydrogen-bond acceptors (Lipinski definition) is 2. The Balaban J connectivity index is 1.65. The first kappa shape index (κ1) is 17.0. The molecule has 1 aliphatic carbocycles. The maximum Gasteiger partial charge on any atom is 0.306 e. The van der Waals surface area contributed by atoms with E-state index in [2.05, 4.69) is 31.2 Å². The van der Waals surface area contributed by atoms with Crippen molar-refractivity contribution in [3.8, 4) is 0 Å². The van der Waals surface area contributed by atoms with E-state index in [-0.39, 0.29) is 23.2 Å². The molecule has 3 rings (SSSR count). The van der Waals surface area contributed by atoms with Crippen LogP contribution in [-0.4, -0.2) is 35.0 Å². The molecule has 4 heteroatoms. The van der Waals surface area contributed by atoms with Crippen LogP contribution in [-0.2, 0) is 15.0 Å². The lowest BCUT2D eigenvalue weighted by Crippen LogP contribution is -2.49. The molecule has 4 nitrogen and oxygen atoms in total. The number of carbonyl (C=O) groups is 2. The zero-order valence-electron chi connectivity index (χ0n) is 14.4. The minimum atomic E-state index is -0.712. The summed E-state index contributed by atoms with van der Waals surface area (Å²) in [5.41, 5.74) is 1.32. The van der Waals surface area contributed by atoms with Crippen LogP contribution in [0, 0.1) is 11.8 Å². The Labute approximate surface area is 143 Å². The molecule has 2 aliphatic rings. The van der Waals surface area contributed by atoms with Crippen LogP contribution in [0.15, 0.2) is 30.3 Å². The van der Waals surface area contributed by atoms with Gasteiger partial charge in [-0.3, -0.25) is 9.59 Å². The maximum absolute atomic E-state index is 12.9. The van der Waals surface area contributed by atoms with Crippen LogP contribution in [0.4, 0.5) is 0 Å². The van der Waals surface area contributed by atoms with Crippen LogP contribution in [0.25, 0.3) is 0 Å². The van der Waals surface area contributed by atoms with Crippen molar-refractivity contribution in [2.24, 2.45) is 11.8 Å². The highest BCUT2D eigenvalue weighted by Gasteiger charge is 2.38. The average Bonchev–Trinajstić information content (AvgIpc) is 2.62. The van der Waals surface area contributed by atoms with Crippen molar-refractivity contribution in [3.05, 3.63) is 35.9 Å². The van der Waals surface area contributed by atoms with E-state index < -0.39 is 5.97 Å². The number of amides is 1. The molecule has 0 bridgehead atoms. The summed E-state index contributed by atoms with van der Waals surface area (Å²) in [6.07, 6.45) is 4.84. The number of carbonyl (C=O) groups excluding carboxylic acids is 1. The van der Waals surface area contributed by atoms with Gasteiger partial charge < -0.3 is 10.0 Å². The minimum absolute atomic E-state index is 0.0127. The van der Waals surface area contributed by atoms with Crippen molar-refractivity contribution in [1.82, 2.24) is 4.90 Å². The van der Waals surface area contributed by atoms with Gasteiger partial charge in [0.1, 0.15) is 0 Å². The third-order valence-corrected chi connectivity index (χ3v) is 5.90. The molecular formula is C20H27NO3. The summed E-state index contributed by atoms with van der Waals surface area (Å²) in [4.78, 5) is 26.0. The van der Waals surface area contributed by atoms with Crippen molar-refractivity contribution >= 4 is 11.9 Å². The van der Waals surface area contributed by atoms with E-state index >= 15 is 0 Å². The second-order valence-corrected chi connectivity index (χ2v) is 7.68. The second-order valence-electron chi connectivity index (χ2n) is 7.68. The summed E-state index contributed by atoms with van der Waals surface area (Å²) in [5.74, 6) is -0.722. The zero-order valence-corrected chi connectivity index (χ0v) is 14.4. The fraction of sp³-hybridized carbons (Fsp3) is 0.600. The van der Waals surface area contributed by atoms with E-state index in [1.54, 1.807) is 0 Å². The van der Waals surface area contributed by atoms with Crippen molar-refractivity contribution in [3.63, 3.8) is 0 Å². The van der Waals surface area contributed by atoms with Gasteiger partial charge in [0.25, 0.3) is 0 Å². The van der Waals surface area contributed by atoms with Crippen LogP contribution in [0.1, 0.15) is 51.0 Å². The van der Waals surface area contributed by atoms with Gasteiger partial charge in [0, 0.05) is 24.4 Å². The Hall–Kier alpha value is -1.84. The Morgan fingerprint density at radius 2 is 1.71 bits per heavy atom. The van der Waals surface area contributed by atoms with Gasteiger partial charge in [-0.25, -0.2) is 0 Å². The topological polar surface area (TPSA) is 57.6 Å². The summed E-state index contributed by atoms with van der Waals surface area (Å²) >= 11 is 0. The predicted molar refractivity (Wildman–Crippen MR) is 92.7 cm³/mol. The average molecular weight is 329 g/mol. The van der Waals surface area contributed by atoms with Crippen molar-refractivity contribution in [2.45, 2.75) is 50.9 Å². The van der Waals surface area contributed by atoms with Crippen molar-refractivity contribution in [1.29, 1.82) is 0 Å². The van der Waals surface area contributed by atoms with E-state index in [0.29, 0.717) is 25.7 Å². The third-order valence-electron chi connectivity index (χ3n) is 5.90. The Morgan fingerprint density at radius 1 is 1.08 bits per heavy atom. The van der Waals surface area contributed by atoms with Gasteiger partial charge in [0.15, 0.2) is 0 Å². The molecule has 1 unspecified atom stereocenters. The monoisotopic (exact) mass is 329 g/mol. The van der Waals surface area contributed by atoms with Crippen LogP contribution >= 0.6 is 0 Å². The molecule has 24 heavy (non-hydrogen) atoms. The molecule has 1 amide bonds. The molecule has 0 aromatic heterocycles. The summed E-state index contributed by atoms with van der Waals surface area (Å²) in [5, 5.41) is 9.11. The van der Waals surface area contributed by atoms with E-state index in [9.17, 15) is 9.59 Å². The van der Waals surface area contributed by atoms with Gasteiger partial charge in [0.05, 0.1) is 5.92 Å². The molecule has 0 radical (unpaired) electrons. The van der Waals surface area contributed by atoms with Crippen LogP contribution in [0.3, 0.4) is 0 Å². The number of carboxylic acids is 1. The van der Waals surface area contributed by atoms with Crippen molar-refractivity contribution < 1.29 is 14.7 Å². The van der Waals surface area contributed by atoms with Gasteiger partial charge in [-0.05, 0) is 44.1 Å². The highest BCUT2D eigenvalue weighted by Crippen LogP contribution is 2.36. The van der Waals surface area contributed by atoms with Crippen LogP contribution in [0.2, 0.25) is 0 Å². The fourth-order valence-electron chi connectivity index (χ4n) is 4.35. The zero-order chi connectivity index (χ0) is 17.2. The normalized spacial score (nSPS) is 30.8. The summed E-state index contributed by atoms with van der Waals surface area (Å²) in [6.45, 7) is 3.86. The quantitative estimate of drug-likeness (QED) is 0.924. The Bertz CT molecular complexity index is 592. The molecular weight excluding hydrogens is 302 g/mol. The molecule has 1 heterocycles. The molecule has 1 aromatic carbocycles. The van der Waals surface area contributed by atoms with Crippen molar-refractivity contribution in [2.75, 3.05) is 13.1 Å². The smallest absolute Gasteiger partial charge is 0.306 e. The number of rotatable bonds is 3. The van der Waals surface area contributed by atoms with Gasteiger partial charge in [-0.15, -0.1) is 0 Å². The first-order valence-corrected chi connectivity index (χ1v) is 9.07. The molecule has 1 aromatic rings. The molecule has 0 spiro atoms. The Morgan fingerprint density at radius 3 is 2.33 bits per heavy atom. The lowest BCUT2D eigenvalue weighted by Gasteiger charge is -2.42. The van der Waals surface area contributed by atoms with Crippen LogP contribution < -0.4 is 0 Å². The Kier molecular flexibility index (Phi) is 4.93. The molecule has 2 fully saturated rings. The SMILES string of the molecule is CC1(c2ccccc2)CCCN(C(=O)C2CCC(C(=O)O)CC2)C1. The second kappa shape index (κ2) is 6.96. The predicted octanol–water partition coefficient (Wildman–Crippen LogP) is 3.46. The molecule has 130 valence electrons. The molecule has 1 N–H and O–H groups in total. The molecule has 1 saturated carbocycles. The first-order valence-electron chi connectivity index (χ1n) is 9.07. The van der Waals surface area contributed by atoms with E-state index in [4.69, 9.17) is 5.11 Å². The van der Waals surface area contributed by atoms with Crippen LogP contribution in [0.5, 0.6) is 0 Å².